The van der Waals surface area contributed by atoms with Gasteiger partial charge in [0.05, 0.1) is 5.70 Å². The monoisotopic (exact) mass is 341 g/mol. The van der Waals surface area contributed by atoms with Crippen LogP contribution in [0.3, 0.4) is 0 Å². The van der Waals surface area contributed by atoms with Crippen molar-refractivity contribution in [1.29, 1.82) is 0 Å². The van der Waals surface area contributed by atoms with Crippen molar-refractivity contribution >= 4 is 29.1 Å². The van der Waals surface area contributed by atoms with Crippen LogP contribution in [0.4, 0.5) is 0 Å². The van der Waals surface area contributed by atoms with Crippen molar-refractivity contribution in [1.82, 2.24) is 14.8 Å². The Bertz CT molecular complexity index is 721. The average molecular weight is 341 g/mol. The van der Waals surface area contributed by atoms with Crippen LogP contribution in [-0.4, -0.2) is 60.2 Å². The Hall–Kier alpha value is -1.92. The van der Waals surface area contributed by atoms with E-state index in [0.717, 1.165) is 45.0 Å². The number of guanidine groups is 1. The minimum Gasteiger partial charge on any atom is -0.338 e. The summed E-state index contributed by atoms with van der Waals surface area (Å²) >= 11 is 1.76. The normalized spacial score (nSPS) is 21.8. The molecule has 0 N–H and O–H groups in total. The summed E-state index contributed by atoms with van der Waals surface area (Å²) in [7, 11) is 2.17. The fourth-order valence-electron chi connectivity index (χ4n) is 3.38. The van der Waals surface area contributed by atoms with Gasteiger partial charge in [0, 0.05) is 55.5 Å². The van der Waals surface area contributed by atoms with Crippen LogP contribution in [0.1, 0.15) is 24.6 Å². The number of hydrogen-bond donors (Lipinski definition) is 0. The molecule has 0 aromatic carbocycles. The number of hydrogen-bond acceptors (Lipinski definition) is 6. The van der Waals surface area contributed by atoms with Crippen LogP contribution < -0.4 is 0 Å². The number of rotatable bonds is 2. The molecule has 0 spiro atoms. The zero-order valence-electron chi connectivity index (χ0n) is 14.3. The molecule has 4 heterocycles. The lowest BCUT2D eigenvalue weighted by atomic mass is 9.99. The summed E-state index contributed by atoms with van der Waals surface area (Å²) in [5, 5.41) is 8.91. The number of nitrogens with zero attached hydrogens (tertiary/aromatic N) is 5. The Morgan fingerprint density at radius 2 is 2.04 bits per heavy atom. The second-order valence-electron chi connectivity index (χ2n) is 6.36. The van der Waals surface area contributed by atoms with Crippen LogP contribution in [0.5, 0.6) is 0 Å². The van der Waals surface area contributed by atoms with E-state index in [2.05, 4.69) is 46.3 Å². The van der Waals surface area contributed by atoms with Crippen molar-refractivity contribution in [2.24, 2.45) is 10.1 Å². The minimum absolute atomic E-state index is 0.932. The second kappa shape index (κ2) is 6.53. The van der Waals surface area contributed by atoms with Gasteiger partial charge < -0.3 is 9.80 Å². The molecule has 1 saturated heterocycles. The zero-order valence-corrected chi connectivity index (χ0v) is 15.1. The first kappa shape index (κ1) is 15.6. The van der Waals surface area contributed by atoms with Gasteiger partial charge in [0.1, 0.15) is 0 Å². The molecule has 24 heavy (non-hydrogen) atoms. The van der Waals surface area contributed by atoms with E-state index >= 15 is 0 Å². The summed E-state index contributed by atoms with van der Waals surface area (Å²) in [6.07, 6.45) is 6.03. The van der Waals surface area contributed by atoms with E-state index in [9.17, 15) is 0 Å². The van der Waals surface area contributed by atoms with Crippen LogP contribution in [-0.2, 0) is 0 Å². The summed E-state index contributed by atoms with van der Waals surface area (Å²) in [5.74, 6) is 0.973. The highest BCUT2D eigenvalue weighted by molar-refractivity contribution is 7.11. The summed E-state index contributed by atoms with van der Waals surface area (Å²) in [6, 6.07) is 4.27. The van der Waals surface area contributed by atoms with Crippen molar-refractivity contribution in [3.63, 3.8) is 0 Å². The maximum Gasteiger partial charge on any atom is 0.227 e. The third-order valence-electron chi connectivity index (χ3n) is 4.83. The van der Waals surface area contributed by atoms with Gasteiger partial charge in [-0.3, -0.25) is 0 Å². The van der Waals surface area contributed by atoms with Crippen LogP contribution in [0.15, 0.2) is 45.1 Å². The maximum absolute atomic E-state index is 4.82. The predicted molar refractivity (Wildman–Crippen MR) is 101 cm³/mol. The average Bonchev–Trinajstić information content (AvgIpc) is 3.15. The Morgan fingerprint density at radius 3 is 2.75 bits per heavy atom. The van der Waals surface area contributed by atoms with Crippen molar-refractivity contribution < 1.29 is 0 Å². The Balaban J connectivity index is 1.75. The molecule has 0 unspecified atom stereocenters. The SMILES string of the molecule is CCC1=C2C(c3cccs3)=CN=C(N3CCN(C)CC3)N2N=CC1. The summed E-state index contributed by atoms with van der Waals surface area (Å²) in [4.78, 5) is 10.8. The molecule has 0 aliphatic carbocycles. The molecule has 6 heteroatoms. The van der Waals surface area contributed by atoms with Gasteiger partial charge in [-0.15, -0.1) is 11.3 Å². The number of piperazine rings is 1. The standard InChI is InChI=1S/C18H23N5S/c1-3-14-6-7-20-23-17(14)15(16-5-4-12-24-16)13-19-18(23)22-10-8-21(2)9-11-22/h4-5,7,12-13H,3,6,8-11H2,1-2H3. The van der Waals surface area contributed by atoms with Crippen LogP contribution >= 0.6 is 11.3 Å². The number of likely N-dealkylation sites (N-methyl/N-ethyl adjacent to an activating group) is 1. The number of fused-ring (bicyclic) bond motifs is 1. The van der Waals surface area contributed by atoms with Crippen LogP contribution in [0.2, 0.25) is 0 Å². The zero-order chi connectivity index (χ0) is 16.5. The lowest BCUT2D eigenvalue weighted by molar-refractivity contribution is 0.201. The van der Waals surface area contributed by atoms with Gasteiger partial charge in [-0.25, -0.2) is 10.0 Å². The molecule has 1 aromatic heterocycles. The van der Waals surface area contributed by atoms with Crippen molar-refractivity contribution in [3.05, 3.63) is 39.9 Å². The molecule has 0 bridgehead atoms. The van der Waals surface area contributed by atoms with E-state index in [1.807, 2.05) is 12.4 Å². The quantitative estimate of drug-likeness (QED) is 0.829. The molecule has 1 fully saturated rings. The first-order valence-electron chi connectivity index (χ1n) is 8.58. The molecule has 3 aliphatic heterocycles. The lowest BCUT2D eigenvalue weighted by Crippen LogP contribution is -2.52. The number of hydrazone groups is 1. The topological polar surface area (TPSA) is 34.4 Å². The minimum atomic E-state index is 0.932. The Kier molecular flexibility index (Phi) is 4.24. The smallest absolute Gasteiger partial charge is 0.227 e. The third kappa shape index (κ3) is 2.70. The predicted octanol–water partition coefficient (Wildman–Crippen LogP) is 3.06. The molecule has 0 saturated carbocycles. The summed E-state index contributed by atoms with van der Waals surface area (Å²) < 4.78 is 0. The van der Waals surface area contributed by atoms with Gasteiger partial charge in [0.2, 0.25) is 5.96 Å². The van der Waals surface area contributed by atoms with Crippen molar-refractivity contribution in [3.8, 4) is 0 Å². The second-order valence-corrected chi connectivity index (χ2v) is 7.31. The maximum atomic E-state index is 4.82. The molecular formula is C18H23N5S. The van der Waals surface area contributed by atoms with E-state index in [0.29, 0.717) is 0 Å². The molecule has 3 aliphatic rings. The highest BCUT2D eigenvalue weighted by atomic mass is 32.1. The summed E-state index contributed by atoms with van der Waals surface area (Å²) in [5.41, 5.74) is 3.88. The number of thiophene rings is 1. The molecule has 0 atom stereocenters. The fraction of sp³-hybridized carbons (Fsp3) is 0.444. The van der Waals surface area contributed by atoms with E-state index in [1.54, 1.807) is 11.3 Å². The first-order chi connectivity index (χ1) is 11.8. The van der Waals surface area contributed by atoms with Crippen molar-refractivity contribution in [2.45, 2.75) is 19.8 Å². The molecule has 0 amide bonds. The van der Waals surface area contributed by atoms with Gasteiger partial charge >= 0.3 is 0 Å². The first-order valence-corrected chi connectivity index (χ1v) is 9.46. The highest BCUT2D eigenvalue weighted by Crippen LogP contribution is 2.38. The van der Waals surface area contributed by atoms with Crippen LogP contribution in [0, 0.1) is 0 Å². The third-order valence-corrected chi connectivity index (χ3v) is 5.74. The molecule has 126 valence electrons. The van der Waals surface area contributed by atoms with Crippen molar-refractivity contribution in [2.75, 3.05) is 33.2 Å². The van der Waals surface area contributed by atoms with Gasteiger partial charge in [0.25, 0.3) is 0 Å². The highest BCUT2D eigenvalue weighted by Gasteiger charge is 2.32. The number of aliphatic imine (C=N–C) groups is 1. The Labute approximate surface area is 147 Å². The Morgan fingerprint density at radius 1 is 1.21 bits per heavy atom. The molecule has 0 radical (unpaired) electrons. The molecular weight excluding hydrogens is 318 g/mol. The molecule has 5 nitrogen and oxygen atoms in total. The van der Waals surface area contributed by atoms with Crippen LogP contribution in [0.25, 0.3) is 5.57 Å². The van der Waals surface area contributed by atoms with E-state index in [4.69, 9.17) is 10.1 Å². The van der Waals surface area contributed by atoms with E-state index in [1.165, 1.54) is 21.7 Å². The largest absolute Gasteiger partial charge is 0.338 e. The fourth-order valence-corrected chi connectivity index (χ4v) is 4.11. The van der Waals surface area contributed by atoms with Gasteiger partial charge in [0.15, 0.2) is 0 Å². The van der Waals surface area contributed by atoms with Gasteiger partial charge in [-0.05, 0) is 30.5 Å². The lowest BCUT2D eigenvalue weighted by Gasteiger charge is -2.40. The van der Waals surface area contributed by atoms with E-state index in [-0.39, 0.29) is 0 Å². The van der Waals surface area contributed by atoms with Gasteiger partial charge in [-0.1, -0.05) is 13.0 Å². The van der Waals surface area contributed by atoms with E-state index < -0.39 is 0 Å². The number of allylic oxidation sites excluding steroid dienone is 2. The molecule has 4 rings (SSSR count). The summed E-state index contributed by atoms with van der Waals surface area (Å²) in [6.45, 7) is 6.36. The van der Waals surface area contributed by atoms with Gasteiger partial charge in [-0.2, -0.15) is 5.10 Å². The molecule has 1 aromatic rings.